The first-order valence-electron chi connectivity index (χ1n) is 23.3. The number of hydrogen-bond donors (Lipinski definition) is 6. The van der Waals surface area contributed by atoms with E-state index in [1.165, 1.54) is 51.1 Å². The quantitative estimate of drug-likeness (QED) is 0.0291. The molecule has 1 aromatic rings. The lowest BCUT2D eigenvalue weighted by atomic mass is 9.52. The van der Waals surface area contributed by atoms with Crippen molar-refractivity contribution in [1.29, 1.82) is 0 Å². The number of hydrogen-bond acceptors (Lipinski definition) is 24. The Balaban J connectivity index is 5.19. The molecule has 10 N–H and O–H groups in total. The number of nitrogens with one attached hydrogen (secondary N) is 1. The predicted molar refractivity (Wildman–Crippen MR) is 257 cm³/mol. The Morgan fingerprint density at radius 3 is 1.27 bits per heavy atom. The molecule has 3 amide bonds. The number of benzene rings is 1. The lowest BCUT2D eigenvalue weighted by Gasteiger charge is -2.52. The van der Waals surface area contributed by atoms with Crippen LogP contribution in [0.3, 0.4) is 0 Å². The van der Waals surface area contributed by atoms with Crippen molar-refractivity contribution in [1.82, 2.24) is 10.2 Å². The van der Waals surface area contributed by atoms with Crippen molar-refractivity contribution in [3.8, 4) is 0 Å². The van der Waals surface area contributed by atoms with E-state index in [9.17, 15) is 38.7 Å². The highest BCUT2D eigenvalue weighted by Crippen LogP contribution is 2.51. The number of aliphatic carboxylic acids is 1. The van der Waals surface area contributed by atoms with Gasteiger partial charge in [0.25, 0.3) is 0 Å². The molecule has 0 aliphatic rings. The van der Waals surface area contributed by atoms with Crippen LogP contribution >= 0.6 is 0 Å². The highest BCUT2D eigenvalue weighted by atomic mass is 16.6. The lowest BCUT2D eigenvalue weighted by molar-refractivity contribution is -0.194. The predicted octanol–water partition coefficient (Wildman–Crippen LogP) is -1.14. The van der Waals surface area contributed by atoms with Crippen LogP contribution in [0.1, 0.15) is 90.5 Å². The maximum absolute atomic E-state index is 16.2. The zero-order chi connectivity index (χ0) is 57.6. The molecule has 0 radical (unpaired) electrons. The second-order valence-corrected chi connectivity index (χ2v) is 17.9. The second-order valence-electron chi connectivity index (χ2n) is 17.9. The molecule has 75 heavy (non-hydrogen) atoms. The molecular weight excluding hydrogens is 997 g/mol. The van der Waals surface area contributed by atoms with Crippen molar-refractivity contribution in [2.45, 2.75) is 133 Å². The van der Waals surface area contributed by atoms with Crippen LogP contribution in [0.25, 0.3) is 0 Å². The molecule has 0 heterocycles. The molecule has 0 saturated carbocycles. The highest BCUT2D eigenvalue weighted by Gasteiger charge is 2.77. The fourth-order valence-electron chi connectivity index (χ4n) is 8.15. The first-order chi connectivity index (χ1) is 35.0. The van der Waals surface area contributed by atoms with Crippen LogP contribution in [-0.4, -0.2) is 171 Å². The number of rotatable bonds is 31. The third kappa shape index (κ3) is 17.2. The standard InChI is InChI=1S/C48H70N6O21/c1-46(2,3)75-45(68)53-32(43(66)73-8)19-22-34(56)47(33(55)20-15-28(49)39(62)69-4,27(38(60)61)25-26-13-11-10-12-14-26)48(44(67)74-9,35(57)21-16-29(50)40(63)70-5)54(36(58)23-17-30(51)41(64)71-6)37(59)24-18-31(52)42(65)72-7/h10-14,27-32H,15-25,49-52H2,1-9H3,(H,53,68)(H,60,61)/t27?,28-,29-,30-,31-,32-,47?,48+/m0/s1. The topological polar surface area (TPSA) is 426 Å². The maximum atomic E-state index is 16.2. The van der Waals surface area contributed by atoms with E-state index in [0.29, 0.717) is 7.11 Å². The van der Waals surface area contributed by atoms with Gasteiger partial charge in [0, 0.05) is 32.1 Å². The molecule has 0 fully saturated rings. The van der Waals surface area contributed by atoms with Gasteiger partial charge in [0.2, 0.25) is 17.4 Å². The number of ketones is 3. The number of carbonyl (C=O) groups is 13. The second kappa shape index (κ2) is 30.2. The monoisotopic (exact) mass is 1070 g/mol. The molecule has 418 valence electrons. The zero-order valence-electron chi connectivity index (χ0n) is 43.5. The van der Waals surface area contributed by atoms with Gasteiger partial charge in [0.15, 0.2) is 17.3 Å². The van der Waals surface area contributed by atoms with E-state index in [1.54, 1.807) is 0 Å². The molecule has 8 atom stereocenters. The number of carboxylic acids is 1. The molecule has 1 aromatic carbocycles. The van der Waals surface area contributed by atoms with E-state index < -0.39 is 200 Å². The molecular formula is C48H70N6O21. The summed E-state index contributed by atoms with van der Waals surface area (Å²) < 4.78 is 34.1. The van der Waals surface area contributed by atoms with Crippen molar-refractivity contribution < 1.29 is 101 Å². The molecule has 0 saturated heterocycles. The summed E-state index contributed by atoms with van der Waals surface area (Å²) in [6, 6.07) is -1.89. The van der Waals surface area contributed by atoms with Gasteiger partial charge in [0.1, 0.15) is 41.2 Å². The summed E-state index contributed by atoms with van der Waals surface area (Å²) in [5.41, 5.74) is 14.6. The maximum Gasteiger partial charge on any atom is 0.408 e. The molecule has 27 heteroatoms. The summed E-state index contributed by atoms with van der Waals surface area (Å²) in [6.07, 6.45) is -12.7. The summed E-state index contributed by atoms with van der Waals surface area (Å²) in [5.74, 6) is -21.7. The Morgan fingerprint density at radius 2 is 0.907 bits per heavy atom. The van der Waals surface area contributed by atoms with Gasteiger partial charge in [-0.3, -0.25) is 52.8 Å². The summed E-state index contributed by atoms with van der Waals surface area (Å²) >= 11 is 0. The molecule has 2 unspecified atom stereocenters. The van der Waals surface area contributed by atoms with E-state index in [-0.39, 0.29) is 10.5 Å². The number of methoxy groups -OCH3 is 6. The Hall–Kier alpha value is -7.23. The number of nitrogens with two attached hydrogens (primary N) is 4. The minimum atomic E-state index is -4.23. The Kier molecular flexibility index (Phi) is 26.5. The number of nitrogens with zero attached hydrogens (tertiary/aromatic N) is 1. The Morgan fingerprint density at radius 1 is 0.533 bits per heavy atom. The fourth-order valence-corrected chi connectivity index (χ4v) is 8.15. The van der Waals surface area contributed by atoms with Gasteiger partial charge < -0.3 is 66.5 Å². The zero-order valence-corrected chi connectivity index (χ0v) is 43.5. The van der Waals surface area contributed by atoms with Crippen LogP contribution in [0, 0.1) is 11.3 Å². The Labute approximate surface area is 432 Å². The van der Waals surface area contributed by atoms with Crippen molar-refractivity contribution in [2.24, 2.45) is 34.3 Å². The van der Waals surface area contributed by atoms with Gasteiger partial charge >= 0.3 is 47.9 Å². The van der Waals surface area contributed by atoms with E-state index in [1.807, 2.05) is 0 Å². The highest BCUT2D eigenvalue weighted by molar-refractivity contribution is 6.27. The van der Waals surface area contributed by atoms with E-state index >= 15 is 28.8 Å². The molecule has 1 rings (SSSR count). The number of ether oxygens (including phenoxy) is 7. The molecule has 0 spiro atoms. The largest absolute Gasteiger partial charge is 0.481 e. The number of carboxylic acid groups (broad SMARTS) is 1. The summed E-state index contributed by atoms with van der Waals surface area (Å²) in [6.45, 7) is 4.41. The number of alkyl carbamates (subject to hydrolysis) is 1. The van der Waals surface area contributed by atoms with Crippen molar-refractivity contribution in [3.05, 3.63) is 35.9 Å². The minimum absolute atomic E-state index is 0.0172. The van der Waals surface area contributed by atoms with Gasteiger partial charge in [0.05, 0.1) is 48.6 Å². The SMILES string of the molecule is COC(=O)[C@H](CCC(=O)C(C(=O)CC[C@H](N)C(=O)OC)(C(Cc1ccccc1)C(=O)O)[C@@](C(=O)CC[C@H](N)C(=O)OC)(C(=O)OC)N(C(=O)CC[C@H](N)C(=O)OC)C(=O)CC[C@H](N)C(=O)OC)NC(=O)OC(C)(C)C. The van der Waals surface area contributed by atoms with E-state index in [0.717, 1.165) is 35.5 Å². The number of imide groups is 1. The van der Waals surface area contributed by atoms with Crippen molar-refractivity contribution in [3.63, 3.8) is 0 Å². The van der Waals surface area contributed by atoms with Crippen LogP contribution in [-0.2, 0) is 97.1 Å². The fraction of sp³-hybridized carbons (Fsp3) is 0.604. The van der Waals surface area contributed by atoms with Gasteiger partial charge in [-0.25, -0.2) is 14.4 Å². The van der Waals surface area contributed by atoms with Crippen LogP contribution in [0.5, 0.6) is 0 Å². The van der Waals surface area contributed by atoms with Crippen LogP contribution < -0.4 is 28.3 Å². The molecule has 27 nitrogen and oxygen atoms in total. The molecule has 0 aliphatic heterocycles. The van der Waals surface area contributed by atoms with Crippen LogP contribution in [0.2, 0.25) is 0 Å². The van der Waals surface area contributed by atoms with Gasteiger partial charge in [-0.15, -0.1) is 0 Å². The van der Waals surface area contributed by atoms with E-state index in [4.69, 9.17) is 46.6 Å². The summed E-state index contributed by atoms with van der Waals surface area (Å²) in [4.78, 5) is 186. The van der Waals surface area contributed by atoms with Gasteiger partial charge in [-0.05, 0) is 64.9 Å². The molecule has 0 bridgehead atoms. The number of Topliss-reactive ketones (excluding diaryl/α,β-unsaturated/α-hetero) is 3. The molecule has 0 aliphatic carbocycles. The number of esters is 6. The average Bonchev–Trinajstić information content (AvgIpc) is 3.38. The normalized spacial score (nSPS) is 15.2. The summed E-state index contributed by atoms with van der Waals surface area (Å²) in [5, 5.41) is 13.8. The van der Waals surface area contributed by atoms with Crippen LogP contribution in [0.4, 0.5) is 4.79 Å². The van der Waals surface area contributed by atoms with E-state index in [2.05, 4.69) is 14.8 Å². The smallest absolute Gasteiger partial charge is 0.408 e. The first-order valence-corrected chi connectivity index (χ1v) is 23.3. The molecule has 0 aromatic heterocycles. The summed E-state index contributed by atoms with van der Waals surface area (Å²) in [7, 11) is 5.19. The van der Waals surface area contributed by atoms with Crippen LogP contribution in [0.15, 0.2) is 30.3 Å². The average molecular weight is 1070 g/mol. The van der Waals surface area contributed by atoms with Gasteiger partial charge in [-0.1, -0.05) is 30.3 Å². The lowest BCUT2D eigenvalue weighted by Crippen LogP contribution is -2.79. The third-order valence-electron chi connectivity index (χ3n) is 11.8. The number of amides is 3. The minimum Gasteiger partial charge on any atom is -0.481 e. The number of carbonyl (C=O) groups excluding carboxylic acids is 12. The van der Waals surface area contributed by atoms with Gasteiger partial charge in [-0.2, -0.15) is 0 Å². The van der Waals surface area contributed by atoms with Crippen molar-refractivity contribution in [2.75, 3.05) is 42.7 Å². The van der Waals surface area contributed by atoms with Crippen molar-refractivity contribution >= 4 is 77.0 Å². The first kappa shape index (κ1) is 65.8. The third-order valence-corrected chi connectivity index (χ3v) is 11.8. The Bertz CT molecular complexity index is 2210.